The second-order valence-electron chi connectivity index (χ2n) is 6.91. The van der Waals surface area contributed by atoms with Crippen LogP contribution < -0.4 is 10.6 Å². The Bertz CT molecular complexity index is 772. The molecule has 27 heavy (non-hydrogen) atoms. The summed E-state index contributed by atoms with van der Waals surface area (Å²) in [5.74, 6) is 0.213. The average Bonchev–Trinajstić information content (AvgIpc) is 2.70. The number of hydrogen-bond acceptors (Lipinski definition) is 2. The maximum atomic E-state index is 12.5. The Labute approximate surface area is 164 Å². The van der Waals surface area contributed by atoms with Crippen LogP contribution in [0.25, 0.3) is 0 Å². The number of hydrogen-bond donors (Lipinski definition) is 2. The van der Waals surface area contributed by atoms with Crippen LogP contribution in [0.1, 0.15) is 19.8 Å². The molecular formula is C21H24ClN3O2. The Morgan fingerprint density at radius 1 is 0.963 bits per heavy atom. The summed E-state index contributed by atoms with van der Waals surface area (Å²) in [5.41, 5.74) is 1.54. The fraction of sp³-hybridized carbons (Fsp3) is 0.333. The fourth-order valence-corrected chi connectivity index (χ4v) is 3.46. The Morgan fingerprint density at radius 3 is 2.19 bits per heavy atom. The second kappa shape index (κ2) is 8.91. The highest BCUT2D eigenvalue weighted by Crippen LogP contribution is 2.26. The molecule has 2 aromatic rings. The van der Waals surface area contributed by atoms with Gasteiger partial charge in [-0.2, -0.15) is 0 Å². The molecule has 1 atom stereocenters. The molecule has 0 spiro atoms. The summed E-state index contributed by atoms with van der Waals surface area (Å²) in [6.07, 6.45) is 1.63. The lowest BCUT2D eigenvalue weighted by molar-refractivity contribution is -0.121. The van der Waals surface area contributed by atoms with Crippen molar-refractivity contribution in [2.24, 2.45) is 11.8 Å². The van der Waals surface area contributed by atoms with E-state index in [4.69, 9.17) is 11.6 Å². The maximum absolute atomic E-state index is 12.5. The molecule has 0 radical (unpaired) electrons. The molecule has 1 heterocycles. The van der Waals surface area contributed by atoms with E-state index < -0.39 is 0 Å². The van der Waals surface area contributed by atoms with E-state index in [1.165, 1.54) is 0 Å². The number of anilines is 2. The van der Waals surface area contributed by atoms with Crippen LogP contribution in [0, 0.1) is 11.8 Å². The summed E-state index contributed by atoms with van der Waals surface area (Å²) in [7, 11) is 0. The van der Waals surface area contributed by atoms with Gasteiger partial charge in [0.1, 0.15) is 0 Å². The van der Waals surface area contributed by atoms with Crippen LogP contribution in [0.2, 0.25) is 5.02 Å². The van der Waals surface area contributed by atoms with Crippen molar-refractivity contribution in [1.29, 1.82) is 0 Å². The van der Waals surface area contributed by atoms with Gasteiger partial charge in [-0.25, -0.2) is 4.79 Å². The van der Waals surface area contributed by atoms with Crippen LogP contribution in [0.4, 0.5) is 16.2 Å². The molecular weight excluding hydrogens is 362 g/mol. The minimum Gasteiger partial charge on any atom is -0.326 e. The van der Waals surface area contributed by atoms with E-state index in [1.54, 1.807) is 29.2 Å². The Balaban J connectivity index is 1.48. The Kier molecular flexibility index (Phi) is 6.35. The van der Waals surface area contributed by atoms with E-state index in [-0.39, 0.29) is 23.8 Å². The van der Waals surface area contributed by atoms with Gasteiger partial charge >= 0.3 is 6.03 Å². The first-order valence-electron chi connectivity index (χ1n) is 9.20. The van der Waals surface area contributed by atoms with Gasteiger partial charge in [0.15, 0.2) is 0 Å². The third-order valence-corrected chi connectivity index (χ3v) is 5.34. The Hall–Kier alpha value is -2.53. The molecule has 2 N–H and O–H groups in total. The van der Waals surface area contributed by atoms with Gasteiger partial charge in [0, 0.05) is 35.4 Å². The van der Waals surface area contributed by atoms with Crippen LogP contribution in [0.15, 0.2) is 54.6 Å². The molecule has 0 saturated carbocycles. The summed E-state index contributed by atoms with van der Waals surface area (Å²) in [4.78, 5) is 26.7. The van der Waals surface area contributed by atoms with E-state index in [2.05, 4.69) is 10.6 Å². The maximum Gasteiger partial charge on any atom is 0.321 e. The van der Waals surface area contributed by atoms with Crippen LogP contribution >= 0.6 is 11.6 Å². The van der Waals surface area contributed by atoms with Gasteiger partial charge in [-0.3, -0.25) is 4.79 Å². The highest BCUT2D eigenvalue weighted by molar-refractivity contribution is 6.30. The topological polar surface area (TPSA) is 61.4 Å². The molecule has 1 aliphatic heterocycles. The summed E-state index contributed by atoms with van der Waals surface area (Å²) in [6.45, 7) is 3.26. The lowest BCUT2D eigenvalue weighted by Gasteiger charge is -2.34. The molecule has 3 rings (SSSR count). The third kappa shape index (κ3) is 5.23. The zero-order chi connectivity index (χ0) is 19.2. The molecule has 1 fully saturated rings. The van der Waals surface area contributed by atoms with Gasteiger partial charge in [0.05, 0.1) is 0 Å². The largest absolute Gasteiger partial charge is 0.326 e. The van der Waals surface area contributed by atoms with Crippen molar-refractivity contribution in [1.82, 2.24) is 4.90 Å². The zero-order valence-electron chi connectivity index (χ0n) is 15.3. The number of nitrogens with one attached hydrogen (secondary N) is 2. The van der Waals surface area contributed by atoms with Gasteiger partial charge < -0.3 is 15.5 Å². The molecule has 5 nitrogen and oxygen atoms in total. The second-order valence-corrected chi connectivity index (χ2v) is 7.34. The predicted molar refractivity (Wildman–Crippen MR) is 109 cm³/mol. The van der Waals surface area contributed by atoms with Crippen molar-refractivity contribution in [3.63, 3.8) is 0 Å². The first kappa shape index (κ1) is 19.2. The van der Waals surface area contributed by atoms with Gasteiger partial charge in [0.2, 0.25) is 5.91 Å². The van der Waals surface area contributed by atoms with Crippen molar-refractivity contribution in [2.45, 2.75) is 19.8 Å². The molecule has 142 valence electrons. The van der Waals surface area contributed by atoms with Gasteiger partial charge in [-0.1, -0.05) is 36.7 Å². The standard InChI is InChI=1S/C21H24ClN3O2/c1-15(20(26)23-18-5-3-2-4-6-18)16-11-13-25(14-12-16)21(27)24-19-9-7-17(22)8-10-19/h2-10,15-16H,11-14H2,1H3,(H,23,26)(H,24,27). The Morgan fingerprint density at radius 2 is 1.56 bits per heavy atom. The van der Waals surface area contributed by atoms with Crippen molar-refractivity contribution in [3.8, 4) is 0 Å². The lowest BCUT2D eigenvalue weighted by Crippen LogP contribution is -2.43. The minimum absolute atomic E-state index is 0.0327. The number of amides is 3. The molecule has 0 bridgehead atoms. The van der Waals surface area contributed by atoms with E-state index in [0.717, 1.165) is 24.2 Å². The van der Waals surface area contributed by atoms with E-state index in [9.17, 15) is 9.59 Å². The van der Waals surface area contributed by atoms with Crippen LogP contribution in [0.5, 0.6) is 0 Å². The molecule has 0 aromatic heterocycles. The SMILES string of the molecule is CC(C(=O)Nc1ccccc1)C1CCN(C(=O)Nc2ccc(Cl)cc2)CC1. The van der Waals surface area contributed by atoms with Crippen molar-refractivity contribution in [3.05, 3.63) is 59.6 Å². The third-order valence-electron chi connectivity index (χ3n) is 5.08. The number of rotatable bonds is 4. The number of likely N-dealkylation sites (tertiary alicyclic amines) is 1. The highest BCUT2D eigenvalue weighted by atomic mass is 35.5. The van der Waals surface area contributed by atoms with Crippen LogP contribution in [0.3, 0.4) is 0 Å². The van der Waals surface area contributed by atoms with E-state index in [0.29, 0.717) is 18.1 Å². The normalized spacial score (nSPS) is 15.9. The lowest BCUT2D eigenvalue weighted by atomic mass is 9.85. The highest BCUT2D eigenvalue weighted by Gasteiger charge is 2.29. The summed E-state index contributed by atoms with van der Waals surface area (Å²) < 4.78 is 0. The number of nitrogens with zero attached hydrogens (tertiary/aromatic N) is 1. The number of benzene rings is 2. The van der Waals surface area contributed by atoms with Crippen molar-refractivity contribution < 1.29 is 9.59 Å². The zero-order valence-corrected chi connectivity index (χ0v) is 16.1. The number of urea groups is 1. The van der Waals surface area contributed by atoms with Crippen LogP contribution in [-0.4, -0.2) is 29.9 Å². The number of para-hydroxylation sites is 1. The molecule has 0 aliphatic carbocycles. The van der Waals surface area contributed by atoms with Crippen LogP contribution in [-0.2, 0) is 4.79 Å². The predicted octanol–water partition coefficient (Wildman–Crippen LogP) is 4.86. The number of carbonyl (C=O) groups excluding carboxylic acids is 2. The summed E-state index contributed by atoms with van der Waals surface area (Å²) >= 11 is 5.86. The molecule has 2 aromatic carbocycles. The number of carbonyl (C=O) groups is 2. The molecule has 6 heteroatoms. The van der Waals surface area contributed by atoms with Crippen molar-refractivity contribution >= 4 is 34.9 Å². The van der Waals surface area contributed by atoms with Crippen molar-refractivity contribution in [2.75, 3.05) is 23.7 Å². The van der Waals surface area contributed by atoms with E-state index >= 15 is 0 Å². The quantitative estimate of drug-likeness (QED) is 0.789. The first-order valence-corrected chi connectivity index (χ1v) is 9.58. The molecule has 3 amide bonds. The summed E-state index contributed by atoms with van der Waals surface area (Å²) in [5, 5.41) is 6.49. The first-order chi connectivity index (χ1) is 13.0. The summed E-state index contributed by atoms with van der Waals surface area (Å²) in [6, 6.07) is 16.4. The fourth-order valence-electron chi connectivity index (χ4n) is 3.33. The molecule has 1 aliphatic rings. The van der Waals surface area contributed by atoms with E-state index in [1.807, 2.05) is 37.3 Å². The van der Waals surface area contributed by atoms with Gasteiger partial charge in [-0.15, -0.1) is 0 Å². The molecule has 1 unspecified atom stereocenters. The monoisotopic (exact) mass is 385 g/mol. The molecule has 1 saturated heterocycles. The number of piperidine rings is 1. The smallest absolute Gasteiger partial charge is 0.321 e. The number of halogens is 1. The average molecular weight is 386 g/mol. The van der Waals surface area contributed by atoms with Gasteiger partial charge in [-0.05, 0) is 55.2 Å². The van der Waals surface area contributed by atoms with Gasteiger partial charge in [0.25, 0.3) is 0 Å². The minimum atomic E-state index is -0.114.